The lowest BCUT2D eigenvalue weighted by atomic mass is 10.1. The molecule has 0 spiro atoms. The maximum Gasteiger partial charge on any atom is 0.338 e. The number of thiazole rings is 1. The fourth-order valence-corrected chi connectivity index (χ4v) is 4.03. The predicted molar refractivity (Wildman–Crippen MR) is 130 cm³/mol. The van der Waals surface area contributed by atoms with Crippen LogP contribution in [0.3, 0.4) is 0 Å². The molecule has 0 saturated carbocycles. The number of aromatic nitrogens is 3. The van der Waals surface area contributed by atoms with Crippen molar-refractivity contribution in [3.8, 4) is 22.6 Å². The molecule has 33 heavy (non-hydrogen) atoms. The van der Waals surface area contributed by atoms with Crippen LogP contribution < -0.4 is 5.32 Å². The zero-order valence-electron chi connectivity index (χ0n) is 17.3. The van der Waals surface area contributed by atoms with Crippen LogP contribution in [0.15, 0.2) is 60.2 Å². The van der Waals surface area contributed by atoms with Gasteiger partial charge in [0, 0.05) is 28.9 Å². The lowest BCUT2D eigenvalue weighted by Gasteiger charge is -2.15. The Morgan fingerprint density at radius 1 is 1.12 bits per heavy atom. The number of imidazole rings is 1. The Labute approximate surface area is 203 Å². The molecule has 0 radical (unpaired) electrons. The number of nitrogens with zero attached hydrogens (tertiary/aromatic N) is 2. The van der Waals surface area contributed by atoms with Gasteiger partial charge in [-0.3, -0.25) is 10.1 Å². The van der Waals surface area contributed by atoms with Gasteiger partial charge in [-0.1, -0.05) is 48.3 Å². The molecule has 0 fully saturated rings. The van der Waals surface area contributed by atoms with E-state index in [2.05, 4.69) is 20.3 Å². The summed E-state index contributed by atoms with van der Waals surface area (Å²) in [7, 11) is 0. The topological polar surface area (TPSA) is 97.0 Å². The lowest BCUT2D eigenvalue weighted by Crippen LogP contribution is -2.32. The molecule has 0 aliphatic rings. The van der Waals surface area contributed by atoms with Crippen LogP contribution in [0.5, 0.6) is 0 Å². The molecule has 4 aromatic rings. The molecule has 168 valence electrons. The van der Waals surface area contributed by atoms with Crippen molar-refractivity contribution in [2.24, 2.45) is 0 Å². The highest BCUT2D eigenvalue weighted by Crippen LogP contribution is 2.30. The first kappa shape index (κ1) is 23.0. The van der Waals surface area contributed by atoms with E-state index in [1.54, 1.807) is 67.2 Å². The highest BCUT2D eigenvalue weighted by molar-refractivity contribution is 7.14. The minimum Gasteiger partial charge on any atom is -0.449 e. The number of carbonyl (C=O) groups is 2. The van der Waals surface area contributed by atoms with Gasteiger partial charge in [-0.15, -0.1) is 11.3 Å². The molecule has 2 aromatic heterocycles. The highest BCUT2D eigenvalue weighted by Gasteiger charge is 2.23. The molecule has 10 heteroatoms. The summed E-state index contributed by atoms with van der Waals surface area (Å²) in [6.45, 7) is 1.76. The molecule has 0 saturated heterocycles. The van der Waals surface area contributed by atoms with Crippen LogP contribution >= 0.6 is 34.5 Å². The second kappa shape index (κ2) is 10.2. The molecule has 1 atom stereocenters. The van der Waals surface area contributed by atoms with Crippen molar-refractivity contribution in [3.05, 3.63) is 75.8 Å². The maximum atomic E-state index is 12.7. The van der Waals surface area contributed by atoms with E-state index in [9.17, 15) is 9.59 Å². The number of carbonyl (C=O) groups excluding carboxylic acids is 2. The van der Waals surface area contributed by atoms with Gasteiger partial charge in [0.25, 0.3) is 5.91 Å². The van der Waals surface area contributed by atoms with Crippen molar-refractivity contribution in [1.29, 1.82) is 0 Å². The van der Waals surface area contributed by atoms with E-state index in [1.165, 1.54) is 11.3 Å². The first-order valence-electron chi connectivity index (χ1n) is 9.97. The number of rotatable bonds is 7. The molecular weight excluding hydrogens is 483 g/mol. The van der Waals surface area contributed by atoms with Crippen LogP contribution in [0.4, 0.5) is 5.13 Å². The number of ether oxygens (including phenoxy) is 1. The fourth-order valence-electron chi connectivity index (χ4n) is 3.01. The first-order chi connectivity index (χ1) is 15.9. The lowest BCUT2D eigenvalue weighted by molar-refractivity contribution is -0.124. The Morgan fingerprint density at radius 2 is 1.88 bits per heavy atom. The second-order valence-electron chi connectivity index (χ2n) is 6.97. The van der Waals surface area contributed by atoms with Crippen molar-refractivity contribution in [3.63, 3.8) is 0 Å². The van der Waals surface area contributed by atoms with Crippen LogP contribution in [0.25, 0.3) is 22.6 Å². The molecule has 2 heterocycles. The molecular formula is C23H18Cl2N4O3S. The number of esters is 1. The van der Waals surface area contributed by atoms with Gasteiger partial charge in [0.05, 0.1) is 21.3 Å². The number of halogens is 2. The molecule has 1 unspecified atom stereocenters. The third-order valence-corrected chi connectivity index (χ3v) is 6.25. The van der Waals surface area contributed by atoms with Crippen molar-refractivity contribution in [2.45, 2.75) is 19.4 Å². The predicted octanol–water partition coefficient (Wildman–Crippen LogP) is 6.08. The number of hydrogen-bond acceptors (Lipinski definition) is 6. The summed E-state index contributed by atoms with van der Waals surface area (Å²) in [5, 5.41) is 5.77. The van der Waals surface area contributed by atoms with Gasteiger partial charge in [-0.2, -0.15) is 0 Å². The van der Waals surface area contributed by atoms with Crippen LogP contribution in [0.2, 0.25) is 10.0 Å². The van der Waals surface area contributed by atoms with Gasteiger partial charge in [0.1, 0.15) is 5.82 Å². The smallest absolute Gasteiger partial charge is 0.338 e. The summed E-state index contributed by atoms with van der Waals surface area (Å²) >= 11 is 13.3. The number of nitrogens with one attached hydrogen (secondary N) is 2. The van der Waals surface area contributed by atoms with E-state index < -0.39 is 18.0 Å². The molecule has 0 aliphatic heterocycles. The Balaban J connectivity index is 1.39. The zero-order chi connectivity index (χ0) is 23.4. The van der Waals surface area contributed by atoms with E-state index in [1.807, 2.05) is 0 Å². The van der Waals surface area contributed by atoms with Crippen molar-refractivity contribution >= 4 is 51.5 Å². The van der Waals surface area contributed by atoms with Crippen molar-refractivity contribution < 1.29 is 14.3 Å². The quantitative estimate of drug-likeness (QED) is 0.299. The Hall–Kier alpha value is -3.20. The third kappa shape index (κ3) is 5.42. The van der Waals surface area contributed by atoms with Crippen LogP contribution in [-0.2, 0) is 9.53 Å². The highest BCUT2D eigenvalue weighted by atomic mass is 35.5. The molecule has 7 nitrogen and oxygen atoms in total. The van der Waals surface area contributed by atoms with Gasteiger partial charge in [-0.25, -0.2) is 14.8 Å². The summed E-state index contributed by atoms with van der Waals surface area (Å²) in [5.74, 6) is -0.337. The molecule has 2 aromatic carbocycles. The Bertz CT molecular complexity index is 1270. The van der Waals surface area contributed by atoms with Gasteiger partial charge in [0.15, 0.2) is 11.2 Å². The number of anilines is 1. The maximum absolute atomic E-state index is 12.7. The minimum absolute atomic E-state index is 0.313. The number of benzene rings is 2. The minimum atomic E-state index is -0.959. The molecule has 0 bridgehead atoms. The van der Waals surface area contributed by atoms with E-state index in [0.29, 0.717) is 38.7 Å². The number of H-pyrrole nitrogens is 1. The summed E-state index contributed by atoms with van der Waals surface area (Å²) in [5.41, 5.74) is 2.60. The van der Waals surface area contributed by atoms with Gasteiger partial charge in [0.2, 0.25) is 0 Å². The normalized spacial score (nSPS) is 11.7. The molecule has 4 rings (SSSR count). The Kier molecular flexibility index (Phi) is 7.08. The SMILES string of the molecule is CCC(OC(=O)c1ccc(-c2ncc[nH]2)cc1)C(=O)Nc1nc(-c2ccc(Cl)c(Cl)c2)cs1. The van der Waals surface area contributed by atoms with E-state index >= 15 is 0 Å². The van der Waals surface area contributed by atoms with E-state index in [4.69, 9.17) is 27.9 Å². The summed E-state index contributed by atoms with van der Waals surface area (Å²) < 4.78 is 5.44. The van der Waals surface area contributed by atoms with Gasteiger partial charge < -0.3 is 9.72 Å². The standard InChI is InChI=1S/C23H18Cl2N4O3S/c1-2-19(32-22(31)14-5-3-13(4-6-14)20-26-9-10-27-20)21(30)29-23-28-18(12-33-23)15-7-8-16(24)17(25)11-15/h3-12,19H,2H2,1H3,(H,26,27)(H,28,29,30). The average Bonchev–Trinajstić information content (AvgIpc) is 3.52. The van der Waals surface area contributed by atoms with Crippen molar-refractivity contribution in [2.75, 3.05) is 5.32 Å². The fraction of sp³-hybridized carbons (Fsp3) is 0.130. The third-order valence-electron chi connectivity index (χ3n) is 4.75. The first-order valence-corrected chi connectivity index (χ1v) is 11.6. The van der Waals surface area contributed by atoms with Crippen LogP contribution in [0.1, 0.15) is 23.7 Å². The van der Waals surface area contributed by atoms with Crippen molar-refractivity contribution in [1.82, 2.24) is 15.0 Å². The molecule has 1 amide bonds. The monoisotopic (exact) mass is 500 g/mol. The van der Waals surface area contributed by atoms with E-state index in [0.717, 1.165) is 11.1 Å². The summed E-state index contributed by atoms with van der Waals surface area (Å²) in [6.07, 6.45) is 2.72. The van der Waals surface area contributed by atoms with Crippen LogP contribution in [0, 0.1) is 0 Å². The molecule has 2 N–H and O–H groups in total. The summed E-state index contributed by atoms with van der Waals surface area (Å²) in [6, 6.07) is 12.0. The van der Waals surface area contributed by atoms with Gasteiger partial charge >= 0.3 is 5.97 Å². The second-order valence-corrected chi connectivity index (χ2v) is 8.65. The largest absolute Gasteiger partial charge is 0.449 e. The number of amides is 1. The Morgan fingerprint density at radius 3 is 2.55 bits per heavy atom. The summed E-state index contributed by atoms with van der Waals surface area (Å²) in [4.78, 5) is 36.8. The zero-order valence-corrected chi connectivity index (χ0v) is 19.7. The number of hydrogen-bond donors (Lipinski definition) is 2. The van der Waals surface area contributed by atoms with E-state index in [-0.39, 0.29) is 0 Å². The van der Waals surface area contributed by atoms with Crippen LogP contribution in [-0.4, -0.2) is 32.9 Å². The average molecular weight is 501 g/mol. The molecule has 0 aliphatic carbocycles. The number of aromatic amines is 1. The van der Waals surface area contributed by atoms with Gasteiger partial charge in [-0.05, 0) is 30.7 Å².